The van der Waals surface area contributed by atoms with Gasteiger partial charge in [-0.15, -0.1) is 0 Å². The maximum Gasteiger partial charge on any atom is 0.319 e. The minimum Gasteiger partial charge on any atom is -0.351 e. The molecule has 1 rings (SSSR count). The summed E-state index contributed by atoms with van der Waals surface area (Å²) in [6.45, 7) is 12.6. The molecule has 0 saturated heterocycles. The second-order valence-corrected chi connectivity index (χ2v) is 7.48. The second kappa shape index (κ2) is 7.59. The molecule has 0 fully saturated rings. The first kappa shape index (κ1) is 19.2. The van der Waals surface area contributed by atoms with Crippen LogP contribution in [0.2, 0.25) is 0 Å². The van der Waals surface area contributed by atoms with E-state index in [4.69, 9.17) is 5.73 Å². The number of benzene rings is 1. The van der Waals surface area contributed by atoms with Gasteiger partial charge in [0.15, 0.2) is 6.04 Å². The van der Waals surface area contributed by atoms with Crippen LogP contribution in [0.1, 0.15) is 58.7 Å². The minimum absolute atomic E-state index is 0.115. The van der Waals surface area contributed by atoms with E-state index in [1.807, 2.05) is 5.32 Å². The molecule has 23 heavy (non-hydrogen) atoms. The van der Waals surface area contributed by atoms with Crippen LogP contribution in [0.15, 0.2) is 24.3 Å². The summed E-state index contributed by atoms with van der Waals surface area (Å²) >= 11 is 0. The number of primary amides is 1. The maximum atomic E-state index is 11.9. The molecule has 1 aromatic rings. The van der Waals surface area contributed by atoms with Crippen LogP contribution in [0.5, 0.6) is 0 Å². The average Bonchev–Trinajstić information content (AvgIpc) is 2.42. The highest BCUT2D eigenvalue weighted by molar-refractivity contribution is 5.95. The van der Waals surface area contributed by atoms with E-state index < -0.39 is 12.1 Å². The summed E-state index contributed by atoms with van der Waals surface area (Å²) in [6.07, 6.45) is 0. The van der Waals surface area contributed by atoms with Crippen LogP contribution < -0.4 is 16.4 Å². The molecule has 0 bridgehead atoms. The molecule has 0 aliphatic heterocycles. The Morgan fingerprint density at radius 3 is 2.00 bits per heavy atom. The van der Waals surface area contributed by atoms with Gasteiger partial charge in [-0.2, -0.15) is 0 Å². The van der Waals surface area contributed by atoms with E-state index in [2.05, 4.69) is 64.2 Å². The third kappa shape index (κ3) is 5.67. The Labute approximate surface area is 139 Å². The molecule has 0 radical (unpaired) electrons. The quantitative estimate of drug-likeness (QED) is 0.772. The van der Waals surface area contributed by atoms with Crippen molar-refractivity contribution in [2.45, 2.75) is 59.0 Å². The topological polar surface area (TPSA) is 88.8 Å². The number of hydrogen-bond donors (Lipinski definition) is 3. The van der Waals surface area contributed by atoms with Crippen molar-refractivity contribution in [1.29, 1.82) is 0 Å². The van der Waals surface area contributed by atoms with Gasteiger partial charge in [0, 0.05) is 11.5 Å². The predicted octanol–water partition coefficient (Wildman–Crippen LogP) is 1.83. The molecule has 0 saturated carbocycles. The summed E-state index contributed by atoms with van der Waals surface area (Å²) < 4.78 is 0. The minimum atomic E-state index is -0.814. The molecule has 5 nitrogen and oxygen atoms in total. The molecule has 3 amide bonds. The third-order valence-electron chi connectivity index (χ3n) is 4.04. The zero-order chi connectivity index (χ0) is 17.8. The van der Waals surface area contributed by atoms with Crippen molar-refractivity contribution in [2.75, 3.05) is 0 Å². The van der Waals surface area contributed by atoms with Gasteiger partial charge in [0.1, 0.15) is 6.04 Å². The molecule has 2 atom stereocenters. The zero-order valence-electron chi connectivity index (χ0n) is 15.0. The van der Waals surface area contributed by atoms with Gasteiger partial charge in [-0.25, -0.2) is 4.79 Å². The lowest BCUT2D eigenvalue weighted by Crippen LogP contribution is -2.93. The number of hydrogen-bond acceptors (Lipinski definition) is 2. The van der Waals surface area contributed by atoms with Crippen molar-refractivity contribution in [3.05, 3.63) is 35.4 Å². The number of quaternary nitrogens is 1. The first-order valence-electron chi connectivity index (χ1n) is 8.08. The molecule has 0 unspecified atom stereocenters. The van der Waals surface area contributed by atoms with E-state index in [1.54, 1.807) is 6.92 Å². The fourth-order valence-corrected chi connectivity index (χ4v) is 2.56. The Hall–Kier alpha value is -1.88. The highest BCUT2D eigenvalue weighted by Crippen LogP contribution is 2.25. The van der Waals surface area contributed by atoms with E-state index in [0.717, 1.165) is 0 Å². The van der Waals surface area contributed by atoms with Gasteiger partial charge in [-0.1, -0.05) is 58.9 Å². The Bertz CT molecular complexity index is 544. The van der Waals surface area contributed by atoms with Crippen LogP contribution in [0.25, 0.3) is 0 Å². The maximum absolute atomic E-state index is 11.9. The van der Waals surface area contributed by atoms with Gasteiger partial charge in [0.05, 0.1) is 0 Å². The van der Waals surface area contributed by atoms with E-state index in [-0.39, 0.29) is 17.4 Å². The van der Waals surface area contributed by atoms with Crippen molar-refractivity contribution < 1.29 is 14.9 Å². The summed E-state index contributed by atoms with van der Waals surface area (Å²) in [5.41, 5.74) is 7.57. The summed E-state index contributed by atoms with van der Waals surface area (Å²) in [6, 6.07) is 7.47. The molecule has 0 aliphatic carbocycles. The molecule has 1 aromatic carbocycles. The fourth-order valence-electron chi connectivity index (χ4n) is 2.56. The number of urea groups is 1. The van der Waals surface area contributed by atoms with Crippen LogP contribution >= 0.6 is 0 Å². The smallest absolute Gasteiger partial charge is 0.319 e. The van der Waals surface area contributed by atoms with Crippen molar-refractivity contribution in [3.63, 3.8) is 0 Å². The number of nitrogens with two attached hydrogens (primary N) is 2. The first-order chi connectivity index (χ1) is 10.5. The standard InChI is InChI=1S/C18H29N3O2/c1-11(2)15(20-12(3)16(22)21-17(19)23)13-7-9-14(10-8-13)18(4,5)6/h7-12,15,20H,1-6H3,(H3,19,21,22,23)/p+1/t12-,15+/m1/s1. The highest BCUT2D eigenvalue weighted by Gasteiger charge is 2.26. The SMILES string of the molecule is CC(C)[C@H]([NH2+][C@H](C)C(=O)NC(N)=O)c1ccc(C(C)(C)C)cc1. The molecular weight excluding hydrogens is 290 g/mol. The monoisotopic (exact) mass is 320 g/mol. The largest absolute Gasteiger partial charge is 0.351 e. The van der Waals surface area contributed by atoms with Crippen molar-refractivity contribution in [2.24, 2.45) is 11.7 Å². The van der Waals surface area contributed by atoms with Gasteiger partial charge >= 0.3 is 6.03 Å². The van der Waals surface area contributed by atoms with E-state index >= 15 is 0 Å². The molecule has 0 aromatic heterocycles. The number of carbonyl (C=O) groups is 2. The van der Waals surface area contributed by atoms with Gasteiger partial charge in [-0.3, -0.25) is 10.1 Å². The van der Waals surface area contributed by atoms with Crippen LogP contribution in [0, 0.1) is 5.92 Å². The lowest BCUT2D eigenvalue weighted by Gasteiger charge is -2.24. The number of amides is 3. The zero-order valence-corrected chi connectivity index (χ0v) is 15.0. The Balaban J connectivity index is 2.90. The van der Waals surface area contributed by atoms with E-state index in [1.165, 1.54) is 11.1 Å². The molecular formula is C18H30N3O2+. The van der Waals surface area contributed by atoms with E-state index in [0.29, 0.717) is 5.92 Å². The van der Waals surface area contributed by atoms with E-state index in [9.17, 15) is 9.59 Å². The summed E-state index contributed by atoms with van der Waals surface area (Å²) in [5, 5.41) is 4.12. The van der Waals surface area contributed by atoms with Crippen molar-refractivity contribution in [3.8, 4) is 0 Å². The lowest BCUT2D eigenvalue weighted by molar-refractivity contribution is -0.719. The Morgan fingerprint density at radius 2 is 1.61 bits per heavy atom. The predicted molar refractivity (Wildman–Crippen MR) is 91.8 cm³/mol. The van der Waals surface area contributed by atoms with Crippen molar-refractivity contribution >= 4 is 11.9 Å². The molecule has 5 heteroatoms. The number of nitrogens with one attached hydrogen (secondary N) is 1. The highest BCUT2D eigenvalue weighted by atomic mass is 16.2. The van der Waals surface area contributed by atoms with Gasteiger partial charge in [-0.05, 0) is 17.9 Å². The molecule has 5 N–H and O–H groups in total. The number of rotatable bonds is 5. The first-order valence-corrected chi connectivity index (χ1v) is 8.08. The van der Waals surface area contributed by atoms with Crippen molar-refractivity contribution in [1.82, 2.24) is 5.32 Å². The van der Waals surface area contributed by atoms with Crippen LogP contribution in [0.3, 0.4) is 0 Å². The molecule has 0 spiro atoms. The van der Waals surface area contributed by atoms with Crippen LogP contribution in [0.4, 0.5) is 4.79 Å². The van der Waals surface area contributed by atoms with Gasteiger partial charge < -0.3 is 11.1 Å². The fraction of sp³-hybridized carbons (Fsp3) is 0.556. The summed E-state index contributed by atoms with van der Waals surface area (Å²) in [4.78, 5) is 22.7. The lowest BCUT2D eigenvalue weighted by atomic mass is 9.85. The Morgan fingerprint density at radius 1 is 1.09 bits per heavy atom. The molecule has 128 valence electrons. The normalized spacial score (nSPS) is 14.4. The van der Waals surface area contributed by atoms with Gasteiger partial charge in [0.2, 0.25) is 0 Å². The average molecular weight is 320 g/mol. The number of imide groups is 1. The summed E-state index contributed by atoms with van der Waals surface area (Å²) in [5.74, 6) is -0.0197. The molecule has 0 heterocycles. The third-order valence-corrected chi connectivity index (χ3v) is 4.04. The summed E-state index contributed by atoms with van der Waals surface area (Å²) in [7, 11) is 0. The molecule has 0 aliphatic rings. The number of carbonyl (C=O) groups excluding carboxylic acids is 2. The van der Waals surface area contributed by atoms with Crippen LogP contribution in [-0.2, 0) is 10.2 Å². The van der Waals surface area contributed by atoms with Crippen LogP contribution in [-0.4, -0.2) is 18.0 Å². The second-order valence-electron chi connectivity index (χ2n) is 7.48. The van der Waals surface area contributed by atoms with Gasteiger partial charge in [0.25, 0.3) is 5.91 Å². The Kier molecular flexibility index (Phi) is 6.33.